The number of piperazine rings is 1. The molecule has 114 valence electrons. The van der Waals surface area contributed by atoms with Crippen LogP contribution in [0.4, 0.5) is 10.1 Å². The molecule has 2 heterocycles. The molecule has 1 unspecified atom stereocenters. The van der Waals surface area contributed by atoms with Crippen molar-refractivity contribution in [1.29, 1.82) is 0 Å². The first-order valence-electron chi connectivity index (χ1n) is 7.69. The predicted octanol–water partition coefficient (Wildman–Crippen LogP) is 1.53. The maximum absolute atomic E-state index is 14.1. The van der Waals surface area contributed by atoms with Crippen LogP contribution in [0.2, 0.25) is 0 Å². The largest absolute Gasteiger partial charge is 0.314 e. The summed E-state index contributed by atoms with van der Waals surface area (Å²) in [4.78, 5) is 16.7. The number of piperidine rings is 1. The van der Waals surface area contributed by atoms with Crippen molar-refractivity contribution in [2.24, 2.45) is 0 Å². The Balaban J connectivity index is 1.82. The van der Waals surface area contributed by atoms with E-state index in [1.54, 1.807) is 17.0 Å². The zero-order valence-corrected chi connectivity index (χ0v) is 12.4. The molecule has 0 bridgehead atoms. The van der Waals surface area contributed by atoms with E-state index in [4.69, 9.17) is 0 Å². The van der Waals surface area contributed by atoms with Crippen LogP contribution in [-0.4, -0.2) is 49.6 Å². The fraction of sp³-hybridized carbons (Fsp3) is 0.562. The lowest BCUT2D eigenvalue weighted by Gasteiger charge is -2.40. The van der Waals surface area contributed by atoms with Crippen molar-refractivity contribution in [3.05, 3.63) is 29.6 Å². The van der Waals surface area contributed by atoms with Crippen molar-refractivity contribution >= 4 is 11.6 Å². The molecule has 1 aromatic rings. The van der Waals surface area contributed by atoms with Gasteiger partial charge in [-0.1, -0.05) is 6.07 Å². The molecule has 2 fully saturated rings. The number of benzene rings is 1. The highest BCUT2D eigenvalue weighted by atomic mass is 19.1. The molecule has 5 heteroatoms. The summed E-state index contributed by atoms with van der Waals surface area (Å²) in [7, 11) is 0. The molecule has 2 saturated heterocycles. The van der Waals surface area contributed by atoms with Crippen molar-refractivity contribution in [1.82, 2.24) is 10.2 Å². The van der Waals surface area contributed by atoms with Gasteiger partial charge in [-0.3, -0.25) is 9.69 Å². The first-order chi connectivity index (χ1) is 10.2. The number of aryl methyl sites for hydroxylation is 1. The summed E-state index contributed by atoms with van der Waals surface area (Å²) < 4.78 is 14.1. The second kappa shape index (κ2) is 6.12. The summed E-state index contributed by atoms with van der Waals surface area (Å²) in [5.74, 6) is -0.262. The van der Waals surface area contributed by atoms with Crippen molar-refractivity contribution in [2.45, 2.75) is 25.8 Å². The zero-order chi connectivity index (χ0) is 14.8. The molecule has 2 aliphatic rings. The number of nitrogens with zero attached hydrogens (tertiary/aromatic N) is 2. The van der Waals surface area contributed by atoms with Gasteiger partial charge in [0.2, 0.25) is 5.91 Å². The van der Waals surface area contributed by atoms with Crippen LogP contribution in [0.15, 0.2) is 18.2 Å². The van der Waals surface area contributed by atoms with Crippen molar-refractivity contribution < 1.29 is 9.18 Å². The molecule has 2 aliphatic heterocycles. The summed E-state index contributed by atoms with van der Waals surface area (Å²) in [5.41, 5.74) is 1.41. The molecule has 1 amide bonds. The molecule has 0 aromatic heterocycles. The van der Waals surface area contributed by atoms with Gasteiger partial charge in [-0.25, -0.2) is 4.39 Å². The van der Waals surface area contributed by atoms with Gasteiger partial charge in [-0.2, -0.15) is 0 Å². The normalized spacial score (nSPS) is 24.4. The number of nitrogens with one attached hydrogen (secondary N) is 1. The molecule has 1 N–H and O–H groups in total. The minimum absolute atomic E-state index is 0.0488. The minimum Gasteiger partial charge on any atom is -0.314 e. The second-order valence-corrected chi connectivity index (χ2v) is 5.89. The van der Waals surface area contributed by atoms with Gasteiger partial charge >= 0.3 is 0 Å². The quantitative estimate of drug-likeness (QED) is 0.898. The maximum atomic E-state index is 14.1. The smallest absolute Gasteiger partial charge is 0.244 e. The third-order valence-corrected chi connectivity index (χ3v) is 4.40. The lowest BCUT2D eigenvalue weighted by atomic mass is 10.0. The predicted molar refractivity (Wildman–Crippen MR) is 81.0 cm³/mol. The standard InChI is InChI=1S/C16H22FN3O/c1-12-4-5-13(17)15(11-12)20-8-2-3-14(16(20)21)19-9-6-18-7-10-19/h4-5,11,14,18H,2-3,6-10H2,1H3. The molecule has 4 nitrogen and oxygen atoms in total. The number of anilines is 1. The number of carbonyl (C=O) groups excluding carboxylic acids is 1. The van der Waals surface area contributed by atoms with Gasteiger partial charge in [0, 0.05) is 32.7 Å². The summed E-state index contributed by atoms with van der Waals surface area (Å²) in [5, 5.41) is 3.30. The molecule has 1 aromatic carbocycles. The van der Waals surface area contributed by atoms with E-state index in [0.717, 1.165) is 44.6 Å². The fourth-order valence-electron chi connectivity index (χ4n) is 3.26. The van der Waals surface area contributed by atoms with E-state index in [2.05, 4.69) is 10.2 Å². The van der Waals surface area contributed by atoms with Gasteiger partial charge in [0.1, 0.15) is 5.82 Å². The van der Waals surface area contributed by atoms with Gasteiger partial charge in [-0.05, 0) is 37.5 Å². The molecule has 1 atom stereocenters. The average molecular weight is 291 g/mol. The van der Waals surface area contributed by atoms with Crippen LogP contribution in [-0.2, 0) is 4.79 Å². The van der Waals surface area contributed by atoms with E-state index in [0.29, 0.717) is 12.2 Å². The maximum Gasteiger partial charge on any atom is 0.244 e. The van der Waals surface area contributed by atoms with E-state index in [1.165, 1.54) is 6.07 Å². The van der Waals surface area contributed by atoms with Crippen LogP contribution < -0.4 is 10.2 Å². The highest BCUT2D eigenvalue weighted by Crippen LogP contribution is 2.27. The Morgan fingerprint density at radius 3 is 2.76 bits per heavy atom. The number of carbonyl (C=O) groups is 1. The Labute approximate surface area is 124 Å². The van der Waals surface area contributed by atoms with Crippen LogP contribution in [0.1, 0.15) is 18.4 Å². The molecule has 21 heavy (non-hydrogen) atoms. The van der Waals surface area contributed by atoms with Crippen LogP contribution in [0.25, 0.3) is 0 Å². The molecular weight excluding hydrogens is 269 g/mol. The summed E-state index contributed by atoms with van der Waals surface area (Å²) >= 11 is 0. The zero-order valence-electron chi connectivity index (χ0n) is 12.4. The van der Waals surface area contributed by atoms with Gasteiger partial charge in [0.05, 0.1) is 11.7 Å². The van der Waals surface area contributed by atoms with Gasteiger partial charge in [0.15, 0.2) is 0 Å². The molecule has 0 aliphatic carbocycles. The van der Waals surface area contributed by atoms with Gasteiger partial charge in [0.25, 0.3) is 0 Å². The second-order valence-electron chi connectivity index (χ2n) is 5.89. The third-order valence-electron chi connectivity index (χ3n) is 4.40. The highest BCUT2D eigenvalue weighted by Gasteiger charge is 2.35. The van der Waals surface area contributed by atoms with Crippen LogP contribution in [0.5, 0.6) is 0 Å². The number of halogens is 1. The highest BCUT2D eigenvalue weighted by molar-refractivity contribution is 5.98. The van der Waals surface area contributed by atoms with Gasteiger partial charge < -0.3 is 10.2 Å². The topological polar surface area (TPSA) is 35.6 Å². The molecular formula is C16H22FN3O. The Morgan fingerprint density at radius 2 is 2.00 bits per heavy atom. The van der Waals surface area contributed by atoms with Crippen molar-refractivity contribution in [3.63, 3.8) is 0 Å². The van der Waals surface area contributed by atoms with E-state index >= 15 is 0 Å². The average Bonchev–Trinajstić information content (AvgIpc) is 2.51. The van der Waals surface area contributed by atoms with Crippen LogP contribution >= 0.6 is 0 Å². The summed E-state index contributed by atoms with van der Waals surface area (Å²) in [6, 6.07) is 4.86. The first-order valence-corrected chi connectivity index (χ1v) is 7.69. The molecule has 3 rings (SSSR count). The number of amides is 1. The SMILES string of the molecule is Cc1ccc(F)c(N2CCCC(N3CCNCC3)C2=O)c1. The van der Waals surface area contributed by atoms with E-state index in [9.17, 15) is 9.18 Å². The summed E-state index contributed by atoms with van der Waals surface area (Å²) in [6.45, 7) is 6.15. The Hall–Kier alpha value is -1.46. The Morgan fingerprint density at radius 1 is 1.24 bits per heavy atom. The number of hydrogen-bond acceptors (Lipinski definition) is 3. The van der Waals surface area contributed by atoms with Gasteiger partial charge in [-0.15, -0.1) is 0 Å². The van der Waals surface area contributed by atoms with E-state index in [-0.39, 0.29) is 17.8 Å². The minimum atomic E-state index is -0.310. The number of rotatable bonds is 2. The Kier molecular flexibility index (Phi) is 4.22. The lowest BCUT2D eigenvalue weighted by molar-refractivity contribution is -0.125. The fourth-order valence-corrected chi connectivity index (χ4v) is 3.26. The molecule has 0 radical (unpaired) electrons. The number of hydrogen-bond donors (Lipinski definition) is 1. The molecule has 0 spiro atoms. The summed E-state index contributed by atoms with van der Waals surface area (Å²) in [6.07, 6.45) is 1.80. The third kappa shape index (κ3) is 2.94. The van der Waals surface area contributed by atoms with E-state index in [1.807, 2.05) is 6.92 Å². The Bertz CT molecular complexity index is 528. The molecule has 0 saturated carbocycles. The van der Waals surface area contributed by atoms with E-state index < -0.39 is 0 Å². The van der Waals surface area contributed by atoms with Crippen molar-refractivity contribution in [2.75, 3.05) is 37.6 Å². The van der Waals surface area contributed by atoms with Crippen molar-refractivity contribution in [3.8, 4) is 0 Å². The lowest BCUT2D eigenvalue weighted by Crippen LogP contribution is -2.57. The monoisotopic (exact) mass is 291 g/mol. The first kappa shape index (κ1) is 14.5. The van der Waals surface area contributed by atoms with Crippen LogP contribution in [0.3, 0.4) is 0 Å². The van der Waals surface area contributed by atoms with Crippen LogP contribution in [0, 0.1) is 12.7 Å².